The average molecular weight is 303 g/mol. The van der Waals surface area contributed by atoms with Gasteiger partial charge in [-0.1, -0.05) is 0 Å². The Morgan fingerprint density at radius 2 is 1.86 bits per heavy atom. The molecule has 0 aromatic rings. The van der Waals surface area contributed by atoms with E-state index in [4.69, 9.17) is 14.2 Å². The molecule has 0 fully saturated rings. The Kier molecular flexibility index (Phi) is 10.6. The molecular weight excluding hydrogens is 270 g/mol. The normalized spacial score (nSPS) is 15.8. The van der Waals surface area contributed by atoms with Gasteiger partial charge in [0.2, 0.25) is 0 Å². The van der Waals surface area contributed by atoms with Crippen molar-refractivity contribution in [2.45, 2.75) is 72.1 Å². The third-order valence-corrected chi connectivity index (χ3v) is 3.11. The molecule has 0 amide bonds. The van der Waals surface area contributed by atoms with E-state index in [0.717, 1.165) is 6.42 Å². The van der Waals surface area contributed by atoms with Crippen molar-refractivity contribution in [2.75, 3.05) is 26.4 Å². The second-order valence-corrected chi connectivity index (χ2v) is 5.80. The molecule has 0 rings (SSSR count). The lowest BCUT2D eigenvalue weighted by molar-refractivity contribution is -0.151. The van der Waals surface area contributed by atoms with Crippen LogP contribution in [0.1, 0.15) is 54.4 Å². The van der Waals surface area contributed by atoms with Crippen LogP contribution in [0.4, 0.5) is 0 Å². The monoisotopic (exact) mass is 303 g/mol. The minimum atomic E-state index is -0.656. The summed E-state index contributed by atoms with van der Waals surface area (Å²) in [7, 11) is 0. The number of carbonyl (C=O) groups excluding carboxylic acids is 1. The SMILES string of the molecule is CCOCC(C)OCCCC(C)(NC(C)C)C(=O)OCC. The van der Waals surface area contributed by atoms with Gasteiger partial charge in [0.25, 0.3) is 0 Å². The Balaban J connectivity index is 4.21. The standard InChI is InChI=1S/C16H33NO4/c1-7-19-12-14(5)21-11-9-10-16(6,17-13(3)4)15(18)20-8-2/h13-14,17H,7-12H2,1-6H3. The Labute approximate surface area is 129 Å². The quantitative estimate of drug-likeness (QED) is 0.443. The van der Waals surface area contributed by atoms with Gasteiger partial charge in [0.1, 0.15) is 5.54 Å². The van der Waals surface area contributed by atoms with Crippen molar-refractivity contribution in [3.63, 3.8) is 0 Å². The zero-order valence-electron chi connectivity index (χ0n) is 14.5. The predicted octanol–water partition coefficient (Wildman–Crippen LogP) is 2.53. The van der Waals surface area contributed by atoms with E-state index in [0.29, 0.717) is 32.8 Å². The number of esters is 1. The maximum atomic E-state index is 12.1. The molecule has 0 saturated heterocycles. The van der Waals surface area contributed by atoms with E-state index in [1.54, 1.807) is 0 Å². The Morgan fingerprint density at radius 1 is 1.19 bits per heavy atom. The van der Waals surface area contributed by atoms with Gasteiger partial charge in [-0.25, -0.2) is 0 Å². The average Bonchev–Trinajstić information content (AvgIpc) is 2.40. The summed E-state index contributed by atoms with van der Waals surface area (Å²) in [6.45, 7) is 14.1. The van der Waals surface area contributed by atoms with E-state index in [2.05, 4.69) is 5.32 Å². The van der Waals surface area contributed by atoms with E-state index in [-0.39, 0.29) is 18.1 Å². The lowest BCUT2D eigenvalue weighted by Gasteiger charge is -2.30. The van der Waals surface area contributed by atoms with Crippen LogP contribution in [0.5, 0.6) is 0 Å². The minimum absolute atomic E-state index is 0.0804. The predicted molar refractivity (Wildman–Crippen MR) is 84.5 cm³/mol. The highest BCUT2D eigenvalue weighted by molar-refractivity contribution is 5.80. The van der Waals surface area contributed by atoms with Crippen molar-refractivity contribution >= 4 is 5.97 Å². The molecule has 0 heterocycles. The fraction of sp³-hybridized carbons (Fsp3) is 0.938. The molecule has 5 nitrogen and oxygen atoms in total. The highest BCUT2D eigenvalue weighted by Gasteiger charge is 2.34. The first-order valence-corrected chi connectivity index (χ1v) is 8.00. The Bertz CT molecular complexity index is 283. The van der Waals surface area contributed by atoms with Gasteiger partial charge in [0, 0.05) is 19.3 Å². The van der Waals surface area contributed by atoms with E-state index < -0.39 is 5.54 Å². The van der Waals surface area contributed by atoms with Crippen molar-refractivity contribution in [3.05, 3.63) is 0 Å². The Morgan fingerprint density at radius 3 is 2.38 bits per heavy atom. The second-order valence-electron chi connectivity index (χ2n) is 5.80. The molecule has 21 heavy (non-hydrogen) atoms. The number of rotatable bonds is 12. The number of nitrogens with one attached hydrogen (secondary N) is 1. The summed E-state index contributed by atoms with van der Waals surface area (Å²) in [4.78, 5) is 12.1. The number of hydrogen-bond acceptors (Lipinski definition) is 5. The summed E-state index contributed by atoms with van der Waals surface area (Å²) in [5.41, 5.74) is -0.656. The molecule has 0 saturated carbocycles. The van der Waals surface area contributed by atoms with Crippen molar-refractivity contribution < 1.29 is 19.0 Å². The highest BCUT2D eigenvalue weighted by atomic mass is 16.5. The molecule has 0 aliphatic rings. The summed E-state index contributed by atoms with van der Waals surface area (Å²) in [5.74, 6) is -0.193. The van der Waals surface area contributed by atoms with Gasteiger partial charge in [0.05, 0.1) is 19.3 Å². The van der Waals surface area contributed by atoms with Crippen LogP contribution in [-0.4, -0.2) is 50.1 Å². The molecule has 5 heteroatoms. The molecule has 0 aliphatic carbocycles. The Hall–Kier alpha value is -0.650. The third kappa shape index (κ3) is 9.06. The van der Waals surface area contributed by atoms with Gasteiger partial charge in [-0.2, -0.15) is 0 Å². The molecule has 2 atom stereocenters. The maximum Gasteiger partial charge on any atom is 0.326 e. The van der Waals surface area contributed by atoms with Gasteiger partial charge in [-0.3, -0.25) is 10.1 Å². The molecular formula is C16H33NO4. The van der Waals surface area contributed by atoms with Gasteiger partial charge >= 0.3 is 5.97 Å². The summed E-state index contributed by atoms with van der Waals surface area (Å²) in [6.07, 6.45) is 1.56. The van der Waals surface area contributed by atoms with Crippen LogP contribution in [0, 0.1) is 0 Å². The van der Waals surface area contributed by atoms with Gasteiger partial charge in [0.15, 0.2) is 0 Å². The molecule has 0 aromatic heterocycles. The van der Waals surface area contributed by atoms with Crippen LogP contribution < -0.4 is 5.32 Å². The van der Waals surface area contributed by atoms with Crippen LogP contribution in [-0.2, 0) is 19.0 Å². The van der Waals surface area contributed by atoms with Crippen LogP contribution in [0.25, 0.3) is 0 Å². The lowest BCUT2D eigenvalue weighted by Crippen LogP contribution is -2.53. The first-order valence-electron chi connectivity index (χ1n) is 8.00. The van der Waals surface area contributed by atoms with Crippen LogP contribution in [0.3, 0.4) is 0 Å². The van der Waals surface area contributed by atoms with Crippen molar-refractivity contribution in [1.82, 2.24) is 5.32 Å². The fourth-order valence-electron chi connectivity index (χ4n) is 2.20. The van der Waals surface area contributed by atoms with E-state index in [1.165, 1.54) is 0 Å². The van der Waals surface area contributed by atoms with E-state index in [9.17, 15) is 4.79 Å². The fourth-order valence-corrected chi connectivity index (χ4v) is 2.20. The van der Waals surface area contributed by atoms with Crippen LogP contribution in [0.2, 0.25) is 0 Å². The zero-order valence-corrected chi connectivity index (χ0v) is 14.5. The molecule has 0 aromatic carbocycles. The molecule has 126 valence electrons. The molecule has 0 radical (unpaired) electrons. The molecule has 0 spiro atoms. The van der Waals surface area contributed by atoms with Crippen molar-refractivity contribution in [3.8, 4) is 0 Å². The van der Waals surface area contributed by atoms with E-state index >= 15 is 0 Å². The van der Waals surface area contributed by atoms with Crippen molar-refractivity contribution in [2.24, 2.45) is 0 Å². The number of ether oxygens (including phenoxy) is 3. The summed E-state index contributed by atoms with van der Waals surface area (Å²) in [5, 5.41) is 3.31. The van der Waals surface area contributed by atoms with Gasteiger partial charge < -0.3 is 14.2 Å². The van der Waals surface area contributed by atoms with Gasteiger partial charge in [-0.05, 0) is 54.4 Å². The second kappa shape index (κ2) is 11.0. The first kappa shape index (κ1) is 20.3. The van der Waals surface area contributed by atoms with Crippen LogP contribution in [0.15, 0.2) is 0 Å². The first-order chi connectivity index (χ1) is 9.85. The summed E-state index contributed by atoms with van der Waals surface area (Å²) in [6, 6.07) is 0.220. The molecule has 1 N–H and O–H groups in total. The summed E-state index contributed by atoms with van der Waals surface area (Å²) < 4.78 is 16.2. The van der Waals surface area contributed by atoms with Crippen LogP contribution >= 0.6 is 0 Å². The summed E-state index contributed by atoms with van der Waals surface area (Å²) >= 11 is 0. The lowest BCUT2D eigenvalue weighted by atomic mass is 9.95. The van der Waals surface area contributed by atoms with Crippen molar-refractivity contribution in [1.29, 1.82) is 0 Å². The third-order valence-electron chi connectivity index (χ3n) is 3.11. The zero-order chi connectivity index (χ0) is 16.3. The highest BCUT2D eigenvalue weighted by Crippen LogP contribution is 2.16. The maximum absolute atomic E-state index is 12.1. The van der Waals surface area contributed by atoms with Gasteiger partial charge in [-0.15, -0.1) is 0 Å². The molecule has 2 unspecified atom stereocenters. The minimum Gasteiger partial charge on any atom is -0.465 e. The number of hydrogen-bond donors (Lipinski definition) is 1. The number of carbonyl (C=O) groups is 1. The molecule has 0 bridgehead atoms. The molecule has 0 aliphatic heterocycles. The van der Waals surface area contributed by atoms with E-state index in [1.807, 2.05) is 41.5 Å². The smallest absolute Gasteiger partial charge is 0.326 e. The topological polar surface area (TPSA) is 56.8 Å². The largest absolute Gasteiger partial charge is 0.465 e.